The molecule has 3 rings (SSSR count). The summed E-state index contributed by atoms with van der Waals surface area (Å²) in [5.41, 5.74) is 0.404. The van der Waals surface area contributed by atoms with Crippen molar-refractivity contribution in [2.45, 2.75) is 32.5 Å². The van der Waals surface area contributed by atoms with Crippen molar-refractivity contribution in [1.29, 1.82) is 5.26 Å². The molecule has 13 heteroatoms. The van der Waals surface area contributed by atoms with Crippen LogP contribution in [0.25, 0.3) is 11.8 Å². The van der Waals surface area contributed by atoms with Crippen LogP contribution < -0.4 is 30.7 Å². The van der Waals surface area contributed by atoms with Gasteiger partial charge in [-0.05, 0) is 51.1 Å². The maximum Gasteiger partial charge on any atom is 0.391 e. The van der Waals surface area contributed by atoms with Crippen LogP contribution in [0.5, 0.6) is 0 Å². The zero-order valence-corrected chi connectivity index (χ0v) is 21.9. The number of nitrogens with zero attached hydrogens (tertiary/aromatic N) is 3. The molecule has 0 radical (unpaired) electrons. The number of alkyl halides is 3. The molecule has 1 aliphatic heterocycles. The van der Waals surface area contributed by atoms with Crippen LogP contribution in [0.2, 0.25) is 0 Å². The monoisotopic (exact) mass is 560 g/mol. The molecule has 39 heavy (non-hydrogen) atoms. The molecule has 2 heterocycles. The maximum absolute atomic E-state index is 12.9. The van der Waals surface area contributed by atoms with Gasteiger partial charge in [-0.1, -0.05) is 12.0 Å². The first-order valence-electron chi connectivity index (χ1n) is 12.1. The average Bonchev–Trinajstić information content (AvgIpc) is 3.21. The van der Waals surface area contributed by atoms with Crippen LogP contribution in [0.1, 0.15) is 19.8 Å². The first-order chi connectivity index (χ1) is 18.6. The number of benzene rings is 1. The number of carbonyl (C=O) groups is 2. The predicted molar refractivity (Wildman–Crippen MR) is 143 cm³/mol. The molecule has 1 fully saturated rings. The Bertz CT molecular complexity index is 1470. The third kappa shape index (κ3) is 7.72. The molecule has 2 aromatic rings. The van der Waals surface area contributed by atoms with Crippen molar-refractivity contribution in [3.05, 3.63) is 43.8 Å². The fraction of sp³-hybridized carbons (Fsp3) is 0.385. The highest BCUT2D eigenvalue weighted by molar-refractivity contribution is 7.07. The summed E-state index contributed by atoms with van der Waals surface area (Å²) in [5, 5.41) is 17.7. The largest absolute Gasteiger partial charge is 0.391 e. The van der Waals surface area contributed by atoms with Gasteiger partial charge in [-0.25, -0.2) is 0 Å². The Morgan fingerprint density at radius 1 is 1.26 bits per heavy atom. The highest BCUT2D eigenvalue weighted by Gasteiger charge is 2.41. The number of hydrogen-bond acceptors (Lipinski definition) is 7. The van der Waals surface area contributed by atoms with Crippen LogP contribution in [0.3, 0.4) is 0 Å². The highest BCUT2D eigenvalue weighted by Crippen LogP contribution is 2.34. The molecule has 2 amide bonds. The number of thiazole rings is 1. The minimum Gasteiger partial charge on any atom is -0.360 e. The molecule has 0 atom stereocenters. The molecule has 3 N–H and O–H groups in total. The molecule has 1 aromatic carbocycles. The lowest BCUT2D eigenvalue weighted by Gasteiger charge is -2.32. The third-order valence-electron chi connectivity index (χ3n) is 6.06. The van der Waals surface area contributed by atoms with Gasteiger partial charge in [0.05, 0.1) is 19.0 Å². The average molecular weight is 561 g/mol. The summed E-state index contributed by atoms with van der Waals surface area (Å²) in [5.74, 6) is -0.0969. The van der Waals surface area contributed by atoms with Gasteiger partial charge in [0.2, 0.25) is 5.91 Å². The Labute approximate surface area is 226 Å². The summed E-state index contributed by atoms with van der Waals surface area (Å²) in [6.07, 6.45) is 2.33. The van der Waals surface area contributed by atoms with Gasteiger partial charge in [-0.2, -0.15) is 18.4 Å². The van der Waals surface area contributed by atoms with E-state index in [9.17, 15) is 32.8 Å². The number of hydrogen-bond donors (Lipinski definition) is 3. The molecule has 0 spiro atoms. The zero-order valence-electron chi connectivity index (χ0n) is 21.1. The van der Waals surface area contributed by atoms with Gasteiger partial charge in [0.15, 0.2) is 5.57 Å². The molecular formula is C26H27F3N6O3S. The SMILES string of the molecule is C#CCNC(=O)C(C#N)=c1sc(=CNc2cccc(NC(=O)CN3CCC(C(F)(F)F)CC3)c2)c(=O)n1CC. The van der Waals surface area contributed by atoms with Gasteiger partial charge in [0.25, 0.3) is 11.5 Å². The summed E-state index contributed by atoms with van der Waals surface area (Å²) >= 11 is 0.975. The van der Waals surface area contributed by atoms with Crippen molar-refractivity contribution in [3.63, 3.8) is 0 Å². The molecule has 1 aliphatic rings. The number of carbonyl (C=O) groups excluding carboxylic acids is 2. The highest BCUT2D eigenvalue weighted by atomic mass is 32.1. The Morgan fingerprint density at radius 3 is 2.56 bits per heavy atom. The van der Waals surface area contributed by atoms with E-state index in [2.05, 4.69) is 21.9 Å². The molecular weight excluding hydrogens is 533 g/mol. The Balaban J connectivity index is 1.71. The molecule has 0 bridgehead atoms. The summed E-state index contributed by atoms with van der Waals surface area (Å²) in [6.45, 7) is 2.27. The van der Waals surface area contributed by atoms with E-state index in [1.165, 1.54) is 10.8 Å². The second-order valence-electron chi connectivity index (χ2n) is 8.70. The predicted octanol–water partition coefficient (Wildman–Crippen LogP) is 1.42. The van der Waals surface area contributed by atoms with Gasteiger partial charge < -0.3 is 16.0 Å². The fourth-order valence-corrected chi connectivity index (χ4v) is 5.15. The lowest BCUT2D eigenvalue weighted by Crippen LogP contribution is -2.42. The molecule has 1 aromatic heterocycles. The molecule has 0 unspecified atom stereocenters. The molecule has 0 aliphatic carbocycles. The van der Waals surface area contributed by atoms with Gasteiger partial charge in [-0.3, -0.25) is 23.9 Å². The number of nitriles is 1. The van der Waals surface area contributed by atoms with E-state index in [4.69, 9.17) is 6.42 Å². The second-order valence-corrected chi connectivity index (χ2v) is 9.73. The number of piperidine rings is 1. The van der Waals surface area contributed by atoms with Crippen molar-refractivity contribution >= 4 is 46.3 Å². The van der Waals surface area contributed by atoms with E-state index in [-0.39, 0.29) is 71.8 Å². The quantitative estimate of drug-likeness (QED) is 0.421. The number of likely N-dealkylation sites (tertiary alicyclic amines) is 1. The number of rotatable bonds is 8. The number of anilines is 2. The van der Waals surface area contributed by atoms with Crippen LogP contribution >= 0.6 is 11.3 Å². The van der Waals surface area contributed by atoms with Crippen LogP contribution in [0, 0.1) is 29.6 Å². The lowest BCUT2D eigenvalue weighted by atomic mass is 9.96. The van der Waals surface area contributed by atoms with Crippen LogP contribution in [-0.2, 0) is 16.1 Å². The van der Waals surface area contributed by atoms with E-state index in [0.717, 1.165) is 11.3 Å². The van der Waals surface area contributed by atoms with Gasteiger partial charge in [-0.15, -0.1) is 17.8 Å². The topological polar surface area (TPSA) is 119 Å². The third-order valence-corrected chi connectivity index (χ3v) is 7.19. The summed E-state index contributed by atoms with van der Waals surface area (Å²) < 4.78 is 40.3. The van der Waals surface area contributed by atoms with E-state index in [0.29, 0.717) is 11.4 Å². The number of terminal acetylenes is 1. The molecule has 0 saturated carbocycles. The van der Waals surface area contributed by atoms with E-state index < -0.39 is 18.0 Å². The van der Waals surface area contributed by atoms with E-state index in [1.807, 2.05) is 6.07 Å². The van der Waals surface area contributed by atoms with Crippen molar-refractivity contribution in [2.24, 2.45) is 5.92 Å². The molecule has 206 valence electrons. The number of nitrogens with one attached hydrogen (secondary N) is 3. The first kappa shape index (κ1) is 29.5. The van der Waals surface area contributed by atoms with Crippen molar-refractivity contribution < 1.29 is 22.8 Å². The second kappa shape index (κ2) is 13.1. The normalized spacial score (nSPS) is 15.7. The molecule has 1 saturated heterocycles. The minimum atomic E-state index is -4.21. The number of halogens is 3. The lowest BCUT2D eigenvalue weighted by molar-refractivity contribution is -0.184. The Hall–Kier alpha value is -4.07. The smallest absolute Gasteiger partial charge is 0.360 e. The Morgan fingerprint density at radius 2 is 1.95 bits per heavy atom. The van der Waals surface area contributed by atoms with Gasteiger partial charge >= 0.3 is 6.18 Å². The van der Waals surface area contributed by atoms with Crippen LogP contribution in [0.15, 0.2) is 29.1 Å². The first-order valence-corrected chi connectivity index (χ1v) is 12.9. The fourth-order valence-electron chi connectivity index (χ4n) is 4.07. The summed E-state index contributed by atoms with van der Waals surface area (Å²) in [6, 6.07) is 8.53. The van der Waals surface area contributed by atoms with Crippen LogP contribution in [-0.4, -0.2) is 53.6 Å². The summed E-state index contributed by atoms with van der Waals surface area (Å²) in [7, 11) is 0. The van der Waals surface area contributed by atoms with Crippen molar-refractivity contribution in [2.75, 3.05) is 36.8 Å². The minimum absolute atomic E-state index is 0.0183. The number of aromatic nitrogens is 1. The summed E-state index contributed by atoms with van der Waals surface area (Å²) in [4.78, 5) is 39.3. The van der Waals surface area contributed by atoms with Crippen molar-refractivity contribution in [1.82, 2.24) is 14.8 Å². The maximum atomic E-state index is 12.9. The molecule has 9 nitrogen and oxygen atoms in total. The van der Waals surface area contributed by atoms with Crippen molar-refractivity contribution in [3.8, 4) is 18.4 Å². The van der Waals surface area contributed by atoms with Crippen LogP contribution in [0.4, 0.5) is 24.5 Å². The standard InChI is InChI=1S/C26H27F3N6O3S/c1-3-10-31-23(37)20(14-30)25-35(4-2)24(38)21(39-25)15-32-18-6-5-7-19(13-18)33-22(36)16-34-11-8-17(9-12-34)26(27,28)29/h1,5-7,13,15,17,32H,4,8-12,16H2,2H3,(H,31,37)(H,33,36). The zero-order chi connectivity index (χ0) is 28.6. The van der Waals surface area contributed by atoms with Gasteiger partial charge in [0, 0.05) is 24.1 Å². The van der Waals surface area contributed by atoms with Gasteiger partial charge in [0.1, 0.15) is 15.3 Å². The van der Waals surface area contributed by atoms with E-state index in [1.54, 1.807) is 36.1 Å². The Kier molecular flexibility index (Phi) is 9.93. The number of amides is 2. The van der Waals surface area contributed by atoms with E-state index >= 15 is 0 Å².